The van der Waals surface area contributed by atoms with Crippen molar-refractivity contribution >= 4 is 35.1 Å². The topological polar surface area (TPSA) is 69.6 Å². The Labute approximate surface area is 226 Å². The number of rotatable bonds is 9. The fraction of sp³-hybridized carbons (Fsp3) is 0.419. The van der Waals surface area contributed by atoms with Crippen molar-refractivity contribution < 1.29 is 14.7 Å². The van der Waals surface area contributed by atoms with Crippen LogP contribution in [-0.2, 0) is 9.59 Å². The summed E-state index contributed by atoms with van der Waals surface area (Å²) < 4.78 is 0. The molecule has 1 saturated heterocycles. The van der Waals surface area contributed by atoms with E-state index in [0.29, 0.717) is 25.4 Å². The van der Waals surface area contributed by atoms with E-state index in [1.165, 1.54) is 21.9 Å². The van der Waals surface area contributed by atoms with Gasteiger partial charge in [-0.25, -0.2) is 0 Å². The number of nitrogens with zero attached hydrogens (tertiary/aromatic N) is 1. The van der Waals surface area contributed by atoms with Crippen molar-refractivity contribution in [2.24, 2.45) is 11.3 Å². The molecule has 1 fully saturated rings. The van der Waals surface area contributed by atoms with Crippen LogP contribution in [0.4, 0.5) is 0 Å². The predicted octanol–water partition coefficient (Wildman–Crippen LogP) is 6.44. The Bertz CT molecular complexity index is 1190. The summed E-state index contributed by atoms with van der Waals surface area (Å²) in [4.78, 5) is 26.4. The molecule has 3 atom stereocenters. The SMILES string of the molecule is C[C@@H](NCC1CCN(C(=O)CCC(C)(C)C(=O)O)CC1c1ccccc1)c1cccc2ccccc12.Cl. The maximum Gasteiger partial charge on any atom is 0.309 e. The van der Waals surface area contributed by atoms with Crippen LogP contribution >= 0.6 is 12.4 Å². The maximum absolute atomic E-state index is 13.0. The molecule has 2 N–H and O–H groups in total. The second-order valence-electron chi connectivity index (χ2n) is 10.8. The lowest BCUT2D eigenvalue weighted by molar-refractivity contribution is -0.147. The number of carbonyl (C=O) groups excluding carboxylic acids is 1. The van der Waals surface area contributed by atoms with Crippen LogP contribution in [-0.4, -0.2) is 41.5 Å². The number of halogens is 1. The first kappa shape index (κ1) is 28.7. The number of aliphatic carboxylic acids is 1. The van der Waals surface area contributed by atoms with Crippen LogP contribution in [0.15, 0.2) is 72.8 Å². The average molecular weight is 523 g/mol. The number of hydrogen-bond acceptors (Lipinski definition) is 3. The molecule has 1 aliphatic rings. The molecule has 0 bridgehead atoms. The highest BCUT2D eigenvalue weighted by Crippen LogP contribution is 2.34. The number of carbonyl (C=O) groups is 2. The number of piperidine rings is 1. The number of hydrogen-bond donors (Lipinski definition) is 2. The molecule has 0 saturated carbocycles. The molecule has 0 aliphatic carbocycles. The number of amides is 1. The van der Waals surface area contributed by atoms with Gasteiger partial charge in [0.1, 0.15) is 0 Å². The molecule has 3 aromatic carbocycles. The fourth-order valence-corrected chi connectivity index (χ4v) is 5.30. The van der Waals surface area contributed by atoms with Gasteiger partial charge in [-0.15, -0.1) is 12.4 Å². The zero-order valence-corrected chi connectivity index (χ0v) is 22.8. The van der Waals surface area contributed by atoms with E-state index in [1.54, 1.807) is 13.8 Å². The summed E-state index contributed by atoms with van der Waals surface area (Å²) in [5.41, 5.74) is 1.66. The molecule has 37 heavy (non-hydrogen) atoms. The predicted molar refractivity (Wildman–Crippen MR) is 152 cm³/mol. The number of nitrogens with one attached hydrogen (secondary N) is 1. The first-order chi connectivity index (χ1) is 17.3. The largest absolute Gasteiger partial charge is 0.481 e. The smallest absolute Gasteiger partial charge is 0.309 e. The van der Waals surface area contributed by atoms with Crippen LogP contribution in [0.25, 0.3) is 10.8 Å². The normalized spacial score (nSPS) is 18.7. The molecule has 1 amide bonds. The van der Waals surface area contributed by atoms with Gasteiger partial charge in [-0.05, 0) is 68.0 Å². The summed E-state index contributed by atoms with van der Waals surface area (Å²) in [6.07, 6.45) is 1.53. The number of fused-ring (bicyclic) bond motifs is 1. The molecule has 1 heterocycles. The Morgan fingerprint density at radius 2 is 1.70 bits per heavy atom. The third-order valence-electron chi connectivity index (χ3n) is 7.86. The van der Waals surface area contributed by atoms with Gasteiger partial charge in [0.05, 0.1) is 5.41 Å². The van der Waals surface area contributed by atoms with Crippen molar-refractivity contribution in [2.75, 3.05) is 19.6 Å². The number of benzene rings is 3. The zero-order chi connectivity index (χ0) is 25.7. The first-order valence-corrected chi connectivity index (χ1v) is 13.0. The molecule has 2 unspecified atom stereocenters. The molecule has 0 spiro atoms. The van der Waals surface area contributed by atoms with Crippen LogP contribution in [0.1, 0.15) is 63.1 Å². The van der Waals surface area contributed by atoms with Crippen LogP contribution in [0, 0.1) is 11.3 Å². The van der Waals surface area contributed by atoms with E-state index in [-0.39, 0.29) is 36.7 Å². The molecular formula is C31H39ClN2O3. The molecular weight excluding hydrogens is 484 g/mol. The van der Waals surface area contributed by atoms with Crippen molar-refractivity contribution in [3.8, 4) is 0 Å². The molecule has 0 aromatic heterocycles. The maximum atomic E-state index is 13.0. The molecule has 1 aliphatic heterocycles. The highest BCUT2D eigenvalue weighted by molar-refractivity contribution is 5.86. The van der Waals surface area contributed by atoms with Gasteiger partial charge >= 0.3 is 5.97 Å². The average Bonchev–Trinajstić information content (AvgIpc) is 2.90. The molecule has 0 radical (unpaired) electrons. The van der Waals surface area contributed by atoms with E-state index < -0.39 is 11.4 Å². The van der Waals surface area contributed by atoms with Crippen LogP contribution in [0.2, 0.25) is 0 Å². The summed E-state index contributed by atoms with van der Waals surface area (Å²) in [6, 6.07) is 25.7. The van der Waals surface area contributed by atoms with E-state index in [2.05, 4.69) is 79.0 Å². The van der Waals surface area contributed by atoms with Crippen LogP contribution in [0.5, 0.6) is 0 Å². The Morgan fingerprint density at radius 1 is 1.03 bits per heavy atom. The molecule has 5 nitrogen and oxygen atoms in total. The minimum atomic E-state index is -0.894. The van der Waals surface area contributed by atoms with E-state index >= 15 is 0 Å². The number of carboxylic acids is 1. The summed E-state index contributed by atoms with van der Waals surface area (Å²) in [7, 11) is 0. The Kier molecular flexibility index (Phi) is 9.74. The van der Waals surface area contributed by atoms with Gasteiger partial charge in [-0.3, -0.25) is 9.59 Å². The Hall–Kier alpha value is -2.89. The second-order valence-corrected chi connectivity index (χ2v) is 10.8. The van der Waals surface area contributed by atoms with E-state index in [0.717, 1.165) is 13.0 Å². The molecule has 3 aromatic rings. The van der Waals surface area contributed by atoms with Gasteiger partial charge < -0.3 is 15.3 Å². The number of carboxylic acid groups (broad SMARTS) is 1. The summed E-state index contributed by atoms with van der Waals surface area (Å²) in [6.45, 7) is 7.85. The van der Waals surface area contributed by atoms with Crippen molar-refractivity contribution in [1.29, 1.82) is 0 Å². The third-order valence-corrected chi connectivity index (χ3v) is 7.86. The van der Waals surface area contributed by atoms with E-state index in [9.17, 15) is 14.7 Å². The zero-order valence-electron chi connectivity index (χ0n) is 22.0. The minimum absolute atomic E-state index is 0. The van der Waals surface area contributed by atoms with Crippen LogP contribution < -0.4 is 5.32 Å². The van der Waals surface area contributed by atoms with Gasteiger partial charge in [-0.1, -0.05) is 72.8 Å². The van der Waals surface area contributed by atoms with Gasteiger partial charge in [0.15, 0.2) is 0 Å². The summed E-state index contributed by atoms with van der Waals surface area (Å²) >= 11 is 0. The van der Waals surface area contributed by atoms with Crippen molar-refractivity contribution in [3.63, 3.8) is 0 Å². The molecule has 198 valence electrons. The van der Waals surface area contributed by atoms with Gasteiger partial charge in [0.25, 0.3) is 0 Å². The van der Waals surface area contributed by atoms with Crippen LogP contribution in [0.3, 0.4) is 0 Å². The van der Waals surface area contributed by atoms with E-state index in [4.69, 9.17) is 0 Å². The van der Waals surface area contributed by atoms with Gasteiger partial charge in [0.2, 0.25) is 5.91 Å². The third kappa shape index (κ3) is 6.91. The molecule has 4 rings (SSSR count). The summed E-state index contributed by atoms with van der Waals surface area (Å²) in [5.74, 6) is -0.156. The Morgan fingerprint density at radius 3 is 2.43 bits per heavy atom. The first-order valence-electron chi connectivity index (χ1n) is 13.0. The Balaban J connectivity index is 0.00000380. The quantitative estimate of drug-likeness (QED) is 0.339. The highest BCUT2D eigenvalue weighted by atomic mass is 35.5. The minimum Gasteiger partial charge on any atom is -0.481 e. The second kappa shape index (κ2) is 12.6. The van der Waals surface area contributed by atoms with Gasteiger partial charge in [0, 0.05) is 31.5 Å². The fourth-order valence-electron chi connectivity index (χ4n) is 5.30. The van der Waals surface area contributed by atoms with Gasteiger partial charge in [-0.2, -0.15) is 0 Å². The summed E-state index contributed by atoms with van der Waals surface area (Å²) in [5, 5.41) is 15.7. The lowest BCUT2D eigenvalue weighted by Gasteiger charge is -2.40. The lowest BCUT2D eigenvalue weighted by Crippen LogP contribution is -2.45. The highest BCUT2D eigenvalue weighted by Gasteiger charge is 2.34. The molecule has 6 heteroatoms. The van der Waals surface area contributed by atoms with Crippen molar-refractivity contribution in [3.05, 3.63) is 83.9 Å². The number of likely N-dealkylation sites (tertiary alicyclic amines) is 1. The monoisotopic (exact) mass is 522 g/mol. The van der Waals surface area contributed by atoms with E-state index in [1.807, 2.05) is 11.0 Å². The standard InChI is InChI=1S/C31H38N2O3.ClH/c1-22(26-15-9-13-23-12-7-8-14-27(23)26)32-20-25-17-19-33(21-28(25)24-10-5-4-6-11-24)29(34)16-18-31(2,3)30(35)36;/h4-15,22,25,28,32H,16-21H2,1-3H3,(H,35,36);1H/t22-,25?,28?;/m1./s1. The van der Waals surface area contributed by atoms with Crippen molar-refractivity contribution in [2.45, 2.75) is 52.0 Å². The van der Waals surface area contributed by atoms with Crippen molar-refractivity contribution in [1.82, 2.24) is 10.2 Å². The lowest BCUT2D eigenvalue weighted by atomic mass is 9.80.